The van der Waals surface area contributed by atoms with E-state index >= 15 is 0 Å². The molecule has 0 aromatic heterocycles. The van der Waals surface area contributed by atoms with Crippen molar-refractivity contribution in [3.8, 4) is 22.3 Å². The number of nitrogens with one attached hydrogen (secondary N) is 2. The molecule has 0 saturated heterocycles. The Morgan fingerprint density at radius 2 is 1.00 bits per heavy atom. The zero-order valence-corrected chi connectivity index (χ0v) is 31.4. The number of amides is 2. The minimum atomic E-state index is -1.13. The number of hydrogen-bond donors (Lipinski definition) is 2. The summed E-state index contributed by atoms with van der Waals surface area (Å²) in [5, 5.41) is 5.29. The topological polar surface area (TPSA) is 129 Å². The summed E-state index contributed by atoms with van der Waals surface area (Å²) >= 11 is 1.15. The van der Waals surface area contributed by atoms with Crippen molar-refractivity contribution < 1.29 is 38.1 Å². The van der Waals surface area contributed by atoms with Crippen molar-refractivity contribution in [3.63, 3.8) is 0 Å². The van der Waals surface area contributed by atoms with E-state index in [9.17, 15) is 19.2 Å². The third kappa shape index (κ3) is 8.97. The van der Waals surface area contributed by atoms with E-state index in [1.807, 2.05) is 97.1 Å². The maximum atomic E-state index is 13.3. The molecule has 0 fully saturated rings. The minimum absolute atomic E-state index is 0.00579. The molecule has 0 radical (unpaired) electrons. The molecule has 4 aromatic carbocycles. The summed E-state index contributed by atoms with van der Waals surface area (Å²) in [6.45, 7) is 8.84. The summed E-state index contributed by atoms with van der Waals surface area (Å²) in [7, 11) is 0. The molecule has 6 rings (SSSR count). The first-order valence-electron chi connectivity index (χ1n) is 17.8. The lowest BCUT2D eigenvalue weighted by molar-refractivity contribution is -0.156. The number of fused-ring (bicyclic) bond motifs is 6. The summed E-state index contributed by atoms with van der Waals surface area (Å²) in [5.74, 6) is -1.68. The van der Waals surface area contributed by atoms with E-state index < -0.39 is 41.8 Å². The molecule has 11 heteroatoms. The molecule has 4 aromatic rings. The highest BCUT2D eigenvalue weighted by Gasteiger charge is 2.33. The van der Waals surface area contributed by atoms with Crippen molar-refractivity contribution in [3.05, 3.63) is 132 Å². The van der Waals surface area contributed by atoms with Gasteiger partial charge in [0.25, 0.3) is 0 Å². The quantitative estimate of drug-likeness (QED) is 0.0761. The van der Waals surface area contributed by atoms with Gasteiger partial charge in [0.05, 0.1) is 0 Å². The molecular formula is C43H44N2O8S. The largest absolute Gasteiger partial charge is 0.460 e. The third-order valence-corrected chi connectivity index (χ3v) is 10.3. The first-order valence-corrected chi connectivity index (χ1v) is 19.0. The van der Waals surface area contributed by atoms with Crippen molar-refractivity contribution in [1.29, 1.82) is 0 Å². The van der Waals surface area contributed by atoms with E-state index in [-0.39, 0.29) is 43.2 Å². The molecule has 2 N–H and O–H groups in total. The normalized spacial score (nSPS) is 14.0. The van der Waals surface area contributed by atoms with Crippen LogP contribution in [0.2, 0.25) is 0 Å². The van der Waals surface area contributed by atoms with Gasteiger partial charge in [-0.2, -0.15) is 11.8 Å². The second-order valence-electron chi connectivity index (χ2n) is 14.0. The molecule has 0 saturated carbocycles. The van der Waals surface area contributed by atoms with Gasteiger partial charge in [0, 0.05) is 23.3 Å². The molecule has 2 amide bonds. The van der Waals surface area contributed by atoms with Gasteiger partial charge in [0.15, 0.2) is 0 Å². The van der Waals surface area contributed by atoms with E-state index in [0.29, 0.717) is 0 Å². The standard InChI is InChI=1S/C43H44N2O8S/c1-5-22-50-39(46)37(44-41(48)51-23-35-31-18-10-6-14-27(31)28-15-7-11-19-32(28)35)25-54-26-38(40(47)53-43(2,3)4)45-42(49)52-24-36-33-20-12-8-16-29(33)30-17-9-13-21-34(30)36/h5-21,35-38H,1,22-26H2,2-4H3,(H,44,48)(H,45,49)/t37-,38+/m0/s1. The van der Waals surface area contributed by atoms with Crippen LogP contribution in [0, 0.1) is 0 Å². The lowest BCUT2D eigenvalue weighted by atomic mass is 9.98. The van der Waals surface area contributed by atoms with Crippen molar-refractivity contribution in [2.45, 2.75) is 50.3 Å². The Hall–Kier alpha value is -5.55. The van der Waals surface area contributed by atoms with Gasteiger partial charge in [-0.1, -0.05) is 110 Å². The van der Waals surface area contributed by atoms with Crippen molar-refractivity contribution in [2.75, 3.05) is 31.3 Å². The summed E-state index contributed by atoms with van der Waals surface area (Å²) < 4.78 is 22.3. The summed E-state index contributed by atoms with van der Waals surface area (Å²) in [6.07, 6.45) is -0.155. The molecule has 2 aliphatic carbocycles. The SMILES string of the molecule is C=CCOC(=O)[C@H](CSC[C@@H](NC(=O)OCC1c2ccccc2-c2ccccc21)C(=O)OC(C)(C)C)NC(=O)OCC1c2ccccc2-c2ccccc21. The molecular weight excluding hydrogens is 705 g/mol. The second kappa shape index (κ2) is 17.1. The third-order valence-electron chi connectivity index (χ3n) is 9.16. The van der Waals surface area contributed by atoms with Crippen LogP contribution >= 0.6 is 11.8 Å². The van der Waals surface area contributed by atoms with E-state index in [2.05, 4.69) is 17.2 Å². The van der Waals surface area contributed by atoms with Crippen LogP contribution < -0.4 is 10.6 Å². The van der Waals surface area contributed by atoms with Gasteiger partial charge in [-0.15, -0.1) is 0 Å². The number of rotatable bonds is 14. The van der Waals surface area contributed by atoms with Crippen LogP contribution in [0.4, 0.5) is 9.59 Å². The van der Waals surface area contributed by atoms with Gasteiger partial charge in [0.1, 0.15) is 37.5 Å². The Labute approximate surface area is 319 Å². The minimum Gasteiger partial charge on any atom is -0.460 e. The van der Waals surface area contributed by atoms with Gasteiger partial charge in [-0.3, -0.25) is 0 Å². The van der Waals surface area contributed by atoms with Gasteiger partial charge in [-0.05, 0) is 65.3 Å². The highest BCUT2D eigenvalue weighted by molar-refractivity contribution is 7.99. The maximum absolute atomic E-state index is 13.3. The monoisotopic (exact) mass is 748 g/mol. The fraction of sp³-hybridized carbons (Fsp3) is 0.302. The van der Waals surface area contributed by atoms with Crippen LogP contribution in [0.5, 0.6) is 0 Å². The number of hydrogen-bond acceptors (Lipinski definition) is 9. The lowest BCUT2D eigenvalue weighted by Gasteiger charge is -2.25. The average Bonchev–Trinajstić information content (AvgIpc) is 3.66. The zero-order valence-electron chi connectivity index (χ0n) is 30.5. The molecule has 2 atom stereocenters. The summed E-state index contributed by atoms with van der Waals surface area (Å²) in [6, 6.07) is 29.7. The van der Waals surface area contributed by atoms with Crippen LogP contribution in [0.1, 0.15) is 54.9 Å². The fourth-order valence-electron chi connectivity index (χ4n) is 6.82. The van der Waals surface area contributed by atoms with Crippen LogP contribution in [0.3, 0.4) is 0 Å². The molecule has 10 nitrogen and oxygen atoms in total. The second-order valence-corrected chi connectivity index (χ2v) is 15.1. The summed E-state index contributed by atoms with van der Waals surface area (Å²) in [4.78, 5) is 52.7. The van der Waals surface area contributed by atoms with Gasteiger partial charge >= 0.3 is 24.1 Å². The van der Waals surface area contributed by atoms with Gasteiger partial charge in [0.2, 0.25) is 0 Å². The number of alkyl carbamates (subject to hydrolysis) is 2. The average molecular weight is 749 g/mol. The Morgan fingerprint density at radius 1 is 0.630 bits per heavy atom. The molecule has 2 aliphatic rings. The maximum Gasteiger partial charge on any atom is 0.407 e. The van der Waals surface area contributed by atoms with Gasteiger partial charge in [-0.25, -0.2) is 19.2 Å². The number of carbonyl (C=O) groups excluding carboxylic acids is 4. The smallest absolute Gasteiger partial charge is 0.407 e. The number of ether oxygens (including phenoxy) is 4. The fourth-order valence-corrected chi connectivity index (χ4v) is 7.87. The van der Waals surface area contributed by atoms with E-state index in [4.69, 9.17) is 18.9 Å². The first kappa shape index (κ1) is 38.2. The predicted octanol–water partition coefficient (Wildman–Crippen LogP) is 7.61. The van der Waals surface area contributed by atoms with Gasteiger partial charge < -0.3 is 29.6 Å². The molecule has 0 bridgehead atoms. The van der Waals surface area contributed by atoms with Crippen molar-refractivity contribution in [2.24, 2.45) is 0 Å². The highest BCUT2D eigenvalue weighted by Crippen LogP contribution is 2.45. The number of benzene rings is 4. The van der Waals surface area contributed by atoms with Crippen LogP contribution in [0.15, 0.2) is 110 Å². The zero-order chi connectivity index (χ0) is 38.2. The molecule has 0 unspecified atom stereocenters. The summed E-state index contributed by atoms with van der Waals surface area (Å²) in [5.41, 5.74) is 7.78. The Kier molecular flexibility index (Phi) is 12.1. The Morgan fingerprint density at radius 3 is 1.37 bits per heavy atom. The lowest BCUT2D eigenvalue weighted by Crippen LogP contribution is -2.47. The molecule has 54 heavy (non-hydrogen) atoms. The predicted molar refractivity (Wildman–Crippen MR) is 208 cm³/mol. The van der Waals surface area contributed by atoms with E-state index in [0.717, 1.165) is 56.3 Å². The van der Waals surface area contributed by atoms with Crippen molar-refractivity contribution >= 4 is 35.9 Å². The molecule has 0 spiro atoms. The Balaban J connectivity index is 1.08. The number of carbonyl (C=O) groups is 4. The van der Waals surface area contributed by atoms with E-state index in [1.165, 1.54) is 6.08 Å². The Bertz CT molecular complexity index is 1930. The first-order chi connectivity index (χ1) is 26.0. The number of thioether (sulfide) groups is 1. The molecule has 280 valence electrons. The molecule has 0 heterocycles. The van der Waals surface area contributed by atoms with E-state index in [1.54, 1.807) is 20.8 Å². The highest BCUT2D eigenvalue weighted by atomic mass is 32.2. The van der Waals surface area contributed by atoms with Crippen LogP contribution in [0.25, 0.3) is 22.3 Å². The van der Waals surface area contributed by atoms with Crippen molar-refractivity contribution in [1.82, 2.24) is 10.6 Å². The van der Waals surface area contributed by atoms with Crippen LogP contribution in [-0.4, -0.2) is 73.1 Å². The number of esters is 2. The molecule has 0 aliphatic heterocycles. The van der Waals surface area contributed by atoms with Crippen LogP contribution in [-0.2, 0) is 28.5 Å².